The Morgan fingerprint density at radius 3 is 2.74 bits per heavy atom. The molecule has 5 rings (SSSR count). The number of hydrogen-bond acceptors (Lipinski definition) is 3. The van der Waals surface area contributed by atoms with Gasteiger partial charge in [-0.05, 0) is 18.9 Å². The Labute approximate surface area is 133 Å². The number of amides is 3. The van der Waals surface area contributed by atoms with Gasteiger partial charge in [0, 0.05) is 12.0 Å². The third kappa shape index (κ3) is 1.36. The fraction of sp³-hybridized carbons (Fsp3) is 0.471. The standard InChI is InChI=1S/C17H17N3O3/c21-14-12-11-7-3-4-8-20(11)17(13(12)15(22)19-14)9-5-1-2-6-10(9)18-16(17)23/h1-2,5-6,11-13H,3-4,7-8H2,(H,18,23)(H,19,21,22)/p+1/t11-,12-,13+,17-/m1/s1. The average Bonchev–Trinajstić information content (AvgIpc) is 3.13. The van der Waals surface area contributed by atoms with Crippen LogP contribution in [0, 0.1) is 11.8 Å². The molecule has 0 saturated carbocycles. The summed E-state index contributed by atoms with van der Waals surface area (Å²) >= 11 is 0. The van der Waals surface area contributed by atoms with Crippen molar-refractivity contribution in [2.24, 2.45) is 11.8 Å². The second kappa shape index (κ2) is 4.20. The van der Waals surface area contributed by atoms with E-state index in [0.717, 1.165) is 42.0 Å². The molecule has 1 aromatic carbocycles. The smallest absolute Gasteiger partial charge is 0.291 e. The molecule has 1 spiro atoms. The number of fused-ring (bicyclic) bond motifs is 7. The molecule has 3 fully saturated rings. The molecule has 0 aromatic heterocycles. The monoisotopic (exact) mass is 312 g/mol. The van der Waals surface area contributed by atoms with E-state index in [2.05, 4.69) is 10.6 Å². The molecule has 118 valence electrons. The summed E-state index contributed by atoms with van der Waals surface area (Å²) in [5, 5.41) is 5.44. The number of piperidine rings is 1. The second-order valence-corrected chi connectivity index (χ2v) is 7.04. The predicted octanol–water partition coefficient (Wildman–Crippen LogP) is -0.826. The molecule has 3 N–H and O–H groups in total. The van der Waals surface area contributed by atoms with E-state index in [4.69, 9.17) is 0 Å². The number of hydrogen-bond donors (Lipinski definition) is 3. The van der Waals surface area contributed by atoms with E-state index in [9.17, 15) is 14.4 Å². The van der Waals surface area contributed by atoms with E-state index in [1.165, 1.54) is 0 Å². The molecule has 3 amide bonds. The minimum Gasteiger partial charge on any atom is -0.320 e. The van der Waals surface area contributed by atoms with Crippen LogP contribution in [0.5, 0.6) is 0 Å². The summed E-state index contributed by atoms with van der Waals surface area (Å²) in [5.41, 5.74) is 0.717. The maximum Gasteiger partial charge on any atom is 0.291 e. The molecule has 4 aliphatic heterocycles. The zero-order valence-corrected chi connectivity index (χ0v) is 12.6. The Morgan fingerprint density at radius 1 is 1.04 bits per heavy atom. The lowest BCUT2D eigenvalue weighted by atomic mass is 9.76. The number of para-hydroxylation sites is 1. The van der Waals surface area contributed by atoms with E-state index in [1.54, 1.807) is 0 Å². The van der Waals surface area contributed by atoms with Gasteiger partial charge in [-0.2, -0.15) is 0 Å². The number of benzene rings is 1. The van der Waals surface area contributed by atoms with Gasteiger partial charge < -0.3 is 10.2 Å². The summed E-state index contributed by atoms with van der Waals surface area (Å²) in [5.74, 6) is -1.57. The first-order chi connectivity index (χ1) is 11.2. The molecular formula is C17H18N3O3+. The lowest BCUT2D eigenvalue weighted by molar-refractivity contribution is -0.965. The first-order valence-corrected chi connectivity index (χ1v) is 8.27. The first kappa shape index (κ1) is 13.2. The first-order valence-electron chi connectivity index (χ1n) is 8.27. The fourth-order valence-electron chi connectivity index (χ4n) is 5.51. The lowest BCUT2D eigenvalue weighted by Crippen LogP contribution is -3.22. The van der Waals surface area contributed by atoms with Crippen LogP contribution < -0.4 is 15.5 Å². The van der Waals surface area contributed by atoms with Crippen molar-refractivity contribution in [2.75, 3.05) is 11.9 Å². The van der Waals surface area contributed by atoms with Crippen molar-refractivity contribution in [2.45, 2.75) is 30.8 Å². The topological polar surface area (TPSA) is 79.7 Å². The molecule has 5 atom stereocenters. The normalized spacial score (nSPS) is 40.6. The summed E-state index contributed by atoms with van der Waals surface area (Å²) in [6.45, 7) is 0.833. The van der Waals surface area contributed by atoms with Gasteiger partial charge >= 0.3 is 0 Å². The fourth-order valence-corrected chi connectivity index (χ4v) is 5.51. The summed E-state index contributed by atoms with van der Waals surface area (Å²) in [7, 11) is 0. The van der Waals surface area contributed by atoms with Crippen LogP contribution in [-0.2, 0) is 19.9 Å². The van der Waals surface area contributed by atoms with Gasteiger partial charge in [-0.1, -0.05) is 18.2 Å². The van der Waals surface area contributed by atoms with Crippen molar-refractivity contribution in [1.29, 1.82) is 0 Å². The van der Waals surface area contributed by atoms with Gasteiger partial charge in [-0.25, -0.2) is 0 Å². The Balaban J connectivity index is 1.79. The quantitative estimate of drug-likeness (QED) is 0.547. The lowest BCUT2D eigenvalue weighted by Gasteiger charge is -2.38. The molecule has 0 aliphatic carbocycles. The highest BCUT2D eigenvalue weighted by molar-refractivity contribution is 6.14. The van der Waals surface area contributed by atoms with E-state index in [-0.39, 0.29) is 29.7 Å². The summed E-state index contributed by atoms with van der Waals surface area (Å²) in [6, 6.07) is 7.65. The summed E-state index contributed by atoms with van der Waals surface area (Å²) in [6.07, 6.45) is 2.98. The Morgan fingerprint density at radius 2 is 1.87 bits per heavy atom. The highest BCUT2D eigenvalue weighted by atomic mass is 16.2. The molecule has 0 bridgehead atoms. The van der Waals surface area contributed by atoms with Crippen LogP contribution in [0.25, 0.3) is 0 Å². The number of quaternary nitrogens is 1. The molecule has 3 saturated heterocycles. The van der Waals surface area contributed by atoms with Crippen molar-refractivity contribution in [3.8, 4) is 0 Å². The van der Waals surface area contributed by atoms with Crippen molar-refractivity contribution < 1.29 is 19.3 Å². The largest absolute Gasteiger partial charge is 0.320 e. The predicted molar refractivity (Wildman–Crippen MR) is 80.3 cm³/mol. The molecular weight excluding hydrogens is 294 g/mol. The number of rotatable bonds is 0. The third-order valence-corrected chi connectivity index (χ3v) is 6.21. The van der Waals surface area contributed by atoms with E-state index < -0.39 is 11.5 Å². The van der Waals surface area contributed by atoms with Crippen LogP contribution in [0.1, 0.15) is 24.8 Å². The van der Waals surface area contributed by atoms with Crippen molar-refractivity contribution in [3.63, 3.8) is 0 Å². The number of imide groups is 1. The highest BCUT2D eigenvalue weighted by Crippen LogP contribution is 2.49. The molecule has 0 radical (unpaired) electrons. The van der Waals surface area contributed by atoms with Crippen LogP contribution >= 0.6 is 0 Å². The van der Waals surface area contributed by atoms with Crippen LogP contribution in [0.15, 0.2) is 24.3 Å². The van der Waals surface area contributed by atoms with Crippen molar-refractivity contribution in [3.05, 3.63) is 29.8 Å². The van der Waals surface area contributed by atoms with Gasteiger partial charge in [0.25, 0.3) is 5.91 Å². The van der Waals surface area contributed by atoms with Crippen LogP contribution in [0.4, 0.5) is 5.69 Å². The molecule has 23 heavy (non-hydrogen) atoms. The van der Waals surface area contributed by atoms with Crippen LogP contribution in [0.2, 0.25) is 0 Å². The van der Waals surface area contributed by atoms with Crippen LogP contribution in [-0.4, -0.2) is 30.3 Å². The molecule has 6 heteroatoms. The molecule has 4 heterocycles. The number of carbonyl (C=O) groups excluding carboxylic acids is 3. The summed E-state index contributed by atoms with van der Waals surface area (Å²) < 4.78 is 0. The molecule has 4 aliphatic rings. The van der Waals surface area contributed by atoms with Gasteiger partial charge in [0.1, 0.15) is 17.9 Å². The van der Waals surface area contributed by atoms with Gasteiger partial charge in [0.05, 0.1) is 12.2 Å². The molecule has 1 unspecified atom stereocenters. The highest BCUT2D eigenvalue weighted by Gasteiger charge is 2.76. The molecule has 6 nitrogen and oxygen atoms in total. The molecule has 1 aromatic rings. The van der Waals surface area contributed by atoms with Gasteiger partial charge in [-0.3, -0.25) is 19.7 Å². The average molecular weight is 312 g/mol. The van der Waals surface area contributed by atoms with E-state index in [1.807, 2.05) is 24.3 Å². The summed E-state index contributed by atoms with van der Waals surface area (Å²) in [4.78, 5) is 39.2. The van der Waals surface area contributed by atoms with Gasteiger partial charge in [-0.15, -0.1) is 0 Å². The van der Waals surface area contributed by atoms with Gasteiger partial charge in [0.15, 0.2) is 0 Å². The second-order valence-electron chi connectivity index (χ2n) is 7.04. The van der Waals surface area contributed by atoms with E-state index >= 15 is 0 Å². The zero-order valence-electron chi connectivity index (χ0n) is 12.6. The minimum atomic E-state index is -0.942. The minimum absolute atomic E-state index is 0.0529. The van der Waals surface area contributed by atoms with E-state index in [0.29, 0.717) is 0 Å². The number of carbonyl (C=O) groups is 3. The Kier molecular flexibility index (Phi) is 2.42. The third-order valence-electron chi connectivity index (χ3n) is 6.21. The van der Waals surface area contributed by atoms with Crippen molar-refractivity contribution in [1.82, 2.24) is 5.32 Å². The van der Waals surface area contributed by atoms with Gasteiger partial charge in [0.2, 0.25) is 17.4 Å². The number of anilines is 1. The maximum atomic E-state index is 13.1. The SMILES string of the molecule is O=C1NC(=O)[C@@H]2[C@H]1[C@H]1CCCC[NH+]1[C@@]21C(=O)Nc2ccccc21. The Hall–Kier alpha value is -2.21. The zero-order chi connectivity index (χ0) is 15.8. The van der Waals surface area contributed by atoms with Crippen LogP contribution in [0.3, 0.4) is 0 Å². The number of nitrogens with one attached hydrogen (secondary N) is 3. The maximum absolute atomic E-state index is 13.1. The van der Waals surface area contributed by atoms with Crippen molar-refractivity contribution >= 4 is 23.4 Å². The Bertz CT molecular complexity index is 761.